The third-order valence-electron chi connectivity index (χ3n) is 16.6. The summed E-state index contributed by atoms with van der Waals surface area (Å²) in [6, 6.07) is 5.99. The molecule has 2 aliphatic heterocycles. The highest BCUT2D eigenvalue weighted by Gasteiger charge is 2.45. The molecule has 0 spiro atoms. The number of aliphatic hydroxyl groups excluding tert-OH is 13. The third-order valence-corrected chi connectivity index (χ3v) is 17.5. The second kappa shape index (κ2) is 41.2. The van der Waals surface area contributed by atoms with Crippen LogP contribution in [0.1, 0.15) is 182 Å². The van der Waals surface area contributed by atoms with Crippen molar-refractivity contribution < 1.29 is 98.4 Å². The molecular weight excluding hydrogens is 1140 g/mol. The van der Waals surface area contributed by atoms with Crippen molar-refractivity contribution in [1.82, 2.24) is 5.32 Å². The van der Waals surface area contributed by atoms with E-state index in [4.69, 9.17) is 29.9 Å². The number of nitrogens with one attached hydrogen (secondary N) is 2. The van der Waals surface area contributed by atoms with E-state index < -0.39 is 132 Å². The lowest BCUT2D eigenvalue weighted by Crippen LogP contribution is -2.42. The first kappa shape index (κ1) is 78.8. The molecule has 2 heterocycles. The minimum atomic E-state index is -4.02. The highest BCUT2D eigenvalue weighted by molar-refractivity contribution is 7.85. The molecule has 0 saturated carbocycles. The highest BCUT2D eigenvalue weighted by Crippen LogP contribution is 2.32. The Morgan fingerprint density at radius 1 is 0.744 bits per heavy atom. The molecule has 23 nitrogen and oxygen atoms in total. The normalized spacial score (nSPS) is 35.2. The van der Waals surface area contributed by atoms with E-state index in [9.17, 15) is 79.6 Å². The number of ether oxygens (including phenoxy) is 3. The molecule has 86 heavy (non-hydrogen) atoms. The molecule has 0 radical (unpaired) electrons. The van der Waals surface area contributed by atoms with E-state index in [2.05, 4.69) is 5.32 Å². The standard InChI is InChI=1S/C55H103N3O17.C7H8O3S/c1-7-8-19-43-49(69)33(3)22-23-38(61)17-11-16-37(60)18-12-20-44(66)34(4)26-47(73-54-51(71)50(70)48(31-59)74-54)46(68)30-42(65)29-41(64)28-40(63)27-39(62)15-10-9-14-32(2)25-35(5)52(75-53(43)72)36(6)45(67)21-13-24-58-55(56)57;1-6-2-4-7(5-3-6)11(8,9)10/h25-26,33,35-52,54,59-71H,7-24,27-31H2,1-6H3,(H4,56,57,58);2-5H,1H3,(H,8,9,10)/b32-25+,34-26+;/t33?,35?,36?,37?,38?,39?,40?,41?,42?,43?,44?,45?,46?,47?,48-,49?,50-,51+,52?,54+;/m1./s1. The SMILES string of the molecule is CCCCC1C(=O)OC(C(C)C(O)CCCNC(=N)N)C(C)/C=C(\C)CCCCC(O)CC(O)CC(O)CC(O)CC(O)C(O[C@H]2O[C@H](CO)[C@@H](O)[C@@H]2O)/C=C(\C)C(O)CCCC(O)CCCC(O)CCC(C)C1O.Cc1ccc(S(=O)(=O)O)cc1. The molecule has 0 aliphatic carbocycles. The Kier molecular flexibility index (Phi) is 37.8. The third kappa shape index (κ3) is 30.5. The van der Waals surface area contributed by atoms with Crippen LogP contribution in [0.3, 0.4) is 0 Å². The first-order chi connectivity index (χ1) is 40.4. The number of rotatable bonds is 13. The number of carbonyl (C=O) groups excluding carboxylic acids is 1. The summed E-state index contributed by atoms with van der Waals surface area (Å²) in [6.45, 7) is 12.8. The second-order valence-corrected chi connectivity index (χ2v) is 26.0. The summed E-state index contributed by atoms with van der Waals surface area (Å²) in [7, 11) is -4.02. The molecule has 0 aromatic heterocycles. The van der Waals surface area contributed by atoms with Gasteiger partial charge in [0.1, 0.15) is 30.5 Å². The number of unbranched alkanes of at least 4 members (excludes halogenated alkanes) is 1. The molecule has 0 bridgehead atoms. The Balaban J connectivity index is 0.00000205. The largest absolute Gasteiger partial charge is 0.461 e. The second-order valence-electron chi connectivity index (χ2n) is 24.5. The molecule has 20 atom stereocenters. The molecule has 24 heteroatoms. The zero-order chi connectivity index (χ0) is 64.8. The molecule has 3 rings (SSSR count). The van der Waals surface area contributed by atoms with Crippen molar-refractivity contribution in [2.75, 3.05) is 13.2 Å². The number of allylic oxidation sites excluding steroid dienone is 1. The lowest BCUT2D eigenvalue weighted by atomic mass is 9.84. The van der Waals surface area contributed by atoms with E-state index in [1.54, 1.807) is 19.1 Å². The fourth-order valence-corrected chi connectivity index (χ4v) is 11.6. The molecule has 1 saturated heterocycles. The van der Waals surface area contributed by atoms with Gasteiger partial charge in [0.05, 0.1) is 78.5 Å². The number of nitrogens with two attached hydrogens (primary N) is 1. The topological polar surface area (TPSA) is 424 Å². The van der Waals surface area contributed by atoms with Crippen LogP contribution in [-0.2, 0) is 29.1 Å². The molecule has 16 unspecified atom stereocenters. The molecule has 2 aliphatic rings. The molecule has 0 amide bonds. The Labute approximate surface area is 511 Å². The minimum absolute atomic E-state index is 0.0277. The Morgan fingerprint density at radius 2 is 1.31 bits per heavy atom. The fraction of sp³-hybridized carbons (Fsp3) is 0.806. The van der Waals surface area contributed by atoms with Crippen molar-refractivity contribution in [2.24, 2.45) is 29.4 Å². The average molecular weight is 1250 g/mol. The van der Waals surface area contributed by atoms with Gasteiger partial charge >= 0.3 is 5.97 Å². The summed E-state index contributed by atoms with van der Waals surface area (Å²) >= 11 is 0. The summed E-state index contributed by atoms with van der Waals surface area (Å²) in [6.07, 6.45) is -7.44. The number of hydrogen-bond donors (Lipinski definition) is 17. The van der Waals surface area contributed by atoms with E-state index in [1.807, 2.05) is 47.6 Å². The molecular formula is C62H111N3O20S. The molecule has 500 valence electrons. The van der Waals surface area contributed by atoms with Crippen LogP contribution in [0.2, 0.25) is 0 Å². The lowest BCUT2D eigenvalue weighted by molar-refractivity contribution is -0.202. The number of aryl methyl sites for hydroxylation is 1. The predicted molar refractivity (Wildman–Crippen MR) is 325 cm³/mol. The Bertz CT molecular complexity index is 2210. The van der Waals surface area contributed by atoms with Crippen LogP contribution in [0, 0.1) is 36.0 Å². The molecule has 1 fully saturated rings. The maximum Gasteiger partial charge on any atom is 0.311 e. The van der Waals surface area contributed by atoms with E-state index in [0.29, 0.717) is 108 Å². The molecule has 1 aromatic rings. The highest BCUT2D eigenvalue weighted by atomic mass is 32.2. The van der Waals surface area contributed by atoms with Gasteiger partial charge in [-0.2, -0.15) is 8.42 Å². The summed E-state index contributed by atoms with van der Waals surface area (Å²) in [5.41, 5.74) is 7.76. The summed E-state index contributed by atoms with van der Waals surface area (Å²) in [5, 5.41) is 151. The monoisotopic (exact) mass is 1250 g/mol. The van der Waals surface area contributed by atoms with Gasteiger partial charge in [0, 0.05) is 24.8 Å². The van der Waals surface area contributed by atoms with Gasteiger partial charge < -0.3 is 91.6 Å². The van der Waals surface area contributed by atoms with Crippen LogP contribution < -0.4 is 11.1 Å². The van der Waals surface area contributed by atoms with Gasteiger partial charge in [-0.25, -0.2) is 0 Å². The number of esters is 1. The van der Waals surface area contributed by atoms with Gasteiger partial charge in [-0.1, -0.05) is 82.4 Å². The number of cyclic esters (lactones) is 1. The predicted octanol–water partition coefficient (Wildman–Crippen LogP) is 3.70. The van der Waals surface area contributed by atoms with Crippen LogP contribution in [0.25, 0.3) is 0 Å². The summed E-state index contributed by atoms with van der Waals surface area (Å²) < 4.78 is 47.2. The van der Waals surface area contributed by atoms with Gasteiger partial charge in [0.15, 0.2) is 12.2 Å². The smallest absolute Gasteiger partial charge is 0.311 e. The minimum Gasteiger partial charge on any atom is -0.461 e. The number of aliphatic hydroxyl groups is 13. The van der Waals surface area contributed by atoms with Crippen molar-refractivity contribution in [2.45, 2.75) is 286 Å². The van der Waals surface area contributed by atoms with Gasteiger partial charge in [-0.05, 0) is 154 Å². The van der Waals surface area contributed by atoms with Crippen LogP contribution in [-0.4, -0.2) is 202 Å². The number of benzene rings is 1. The van der Waals surface area contributed by atoms with Gasteiger partial charge in [0.25, 0.3) is 10.1 Å². The quantitative estimate of drug-likeness (QED) is 0.0334. The van der Waals surface area contributed by atoms with E-state index in [1.165, 1.54) is 18.2 Å². The Hall–Kier alpha value is -3.25. The van der Waals surface area contributed by atoms with Crippen molar-refractivity contribution >= 4 is 22.0 Å². The van der Waals surface area contributed by atoms with Crippen molar-refractivity contribution in [3.05, 3.63) is 53.1 Å². The maximum absolute atomic E-state index is 14.2. The van der Waals surface area contributed by atoms with Crippen LogP contribution in [0.5, 0.6) is 0 Å². The average Bonchev–Trinajstić information content (AvgIpc) is 3.32. The van der Waals surface area contributed by atoms with E-state index >= 15 is 0 Å². The van der Waals surface area contributed by atoms with E-state index in [-0.39, 0.29) is 54.8 Å². The van der Waals surface area contributed by atoms with Crippen LogP contribution >= 0.6 is 0 Å². The Morgan fingerprint density at radius 3 is 1.88 bits per heavy atom. The first-order valence-electron chi connectivity index (χ1n) is 31.1. The number of carbonyl (C=O) groups is 1. The maximum atomic E-state index is 14.2. The van der Waals surface area contributed by atoms with Crippen LogP contribution in [0.4, 0.5) is 0 Å². The summed E-state index contributed by atoms with van der Waals surface area (Å²) in [4.78, 5) is 14.2. The zero-order valence-electron chi connectivity index (χ0n) is 52.0. The van der Waals surface area contributed by atoms with E-state index in [0.717, 1.165) is 17.6 Å². The number of guanidine groups is 1. The lowest BCUT2D eigenvalue weighted by Gasteiger charge is -2.34. The van der Waals surface area contributed by atoms with Crippen molar-refractivity contribution in [1.29, 1.82) is 5.41 Å². The fourth-order valence-electron chi connectivity index (χ4n) is 11.1. The first-order valence-corrected chi connectivity index (χ1v) is 32.6. The van der Waals surface area contributed by atoms with Gasteiger partial charge in [0.2, 0.25) is 0 Å². The molecule has 18 N–H and O–H groups in total. The van der Waals surface area contributed by atoms with Gasteiger partial charge in [-0.3, -0.25) is 14.8 Å². The summed E-state index contributed by atoms with van der Waals surface area (Å²) in [5.74, 6) is -2.78. The number of hydrogen-bond acceptors (Lipinski definition) is 20. The van der Waals surface area contributed by atoms with Crippen molar-refractivity contribution in [3.63, 3.8) is 0 Å². The van der Waals surface area contributed by atoms with Crippen molar-refractivity contribution in [3.8, 4) is 0 Å². The van der Waals surface area contributed by atoms with Gasteiger partial charge in [-0.15, -0.1) is 0 Å². The zero-order valence-corrected chi connectivity index (χ0v) is 52.8. The molecule has 1 aromatic carbocycles. The van der Waals surface area contributed by atoms with Crippen LogP contribution in [0.15, 0.2) is 52.5 Å².